The average Bonchev–Trinajstić information content (AvgIpc) is 3.65. The van der Waals surface area contributed by atoms with Gasteiger partial charge in [0.1, 0.15) is 34.0 Å². The van der Waals surface area contributed by atoms with Crippen LogP contribution >= 0.6 is 22.7 Å². The molecular weight excluding hydrogens is 472 g/mol. The molecule has 184 valence electrons. The van der Waals surface area contributed by atoms with Gasteiger partial charge < -0.3 is 9.80 Å². The van der Waals surface area contributed by atoms with Crippen LogP contribution in [0.25, 0.3) is 20.4 Å². The van der Waals surface area contributed by atoms with Gasteiger partial charge in [0.2, 0.25) is 0 Å². The van der Waals surface area contributed by atoms with Crippen LogP contribution in [0.4, 0.5) is 11.6 Å². The maximum absolute atomic E-state index is 4.59. The largest absolute Gasteiger partial charge is 0.359 e. The SMILES string of the molecule is CCN(C)c1ncnc2sc3c(c12)CCCC3.c1nc(N2CCCC2)c2c3c(sc2n1)CCCC3. The first-order valence-corrected chi connectivity index (χ1v) is 14.8. The van der Waals surface area contributed by atoms with Crippen molar-refractivity contribution in [2.45, 2.75) is 71.1 Å². The molecule has 3 aliphatic rings. The number of thiophene rings is 2. The maximum atomic E-state index is 4.59. The highest BCUT2D eigenvalue weighted by atomic mass is 32.1. The topological polar surface area (TPSA) is 58.0 Å². The number of hydrogen-bond donors (Lipinski definition) is 0. The van der Waals surface area contributed by atoms with Gasteiger partial charge in [-0.1, -0.05) is 0 Å². The molecule has 35 heavy (non-hydrogen) atoms. The van der Waals surface area contributed by atoms with Gasteiger partial charge in [0.15, 0.2) is 0 Å². The summed E-state index contributed by atoms with van der Waals surface area (Å²) in [5.74, 6) is 2.31. The van der Waals surface area contributed by atoms with Gasteiger partial charge in [-0.25, -0.2) is 19.9 Å². The molecule has 0 saturated carbocycles. The van der Waals surface area contributed by atoms with E-state index >= 15 is 0 Å². The minimum atomic E-state index is 0.983. The van der Waals surface area contributed by atoms with Gasteiger partial charge in [0.05, 0.1) is 10.8 Å². The second-order valence-electron chi connectivity index (χ2n) is 9.88. The monoisotopic (exact) mass is 506 g/mol. The van der Waals surface area contributed by atoms with Crippen LogP contribution in [0, 0.1) is 0 Å². The second kappa shape index (κ2) is 9.97. The normalized spacial score (nSPS) is 17.3. The Morgan fingerprint density at radius 1 is 0.743 bits per heavy atom. The Bertz CT molecular complexity index is 1340. The van der Waals surface area contributed by atoms with Crippen LogP contribution in [0.5, 0.6) is 0 Å². The Morgan fingerprint density at radius 2 is 1.31 bits per heavy atom. The summed E-state index contributed by atoms with van der Waals surface area (Å²) in [7, 11) is 2.11. The van der Waals surface area contributed by atoms with E-state index in [4.69, 9.17) is 0 Å². The summed E-state index contributed by atoms with van der Waals surface area (Å²) in [5.41, 5.74) is 3.08. The molecule has 0 bridgehead atoms. The zero-order valence-electron chi connectivity index (χ0n) is 20.8. The van der Waals surface area contributed by atoms with Crippen molar-refractivity contribution in [1.29, 1.82) is 0 Å². The molecule has 5 heterocycles. The lowest BCUT2D eigenvalue weighted by Gasteiger charge is -2.18. The molecule has 0 atom stereocenters. The lowest BCUT2D eigenvalue weighted by atomic mass is 9.97. The van der Waals surface area contributed by atoms with Crippen molar-refractivity contribution in [2.75, 3.05) is 36.5 Å². The van der Waals surface area contributed by atoms with Gasteiger partial charge in [-0.05, 0) is 82.3 Å². The summed E-state index contributed by atoms with van der Waals surface area (Å²) >= 11 is 3.76. The molecule has 1 aliphatic heterocycles. The summed E-state index contributed by atoms with van der Waals surface area (Å²) in [4.78, 5) is 28.2. The number of fused-ring (bicyclic) bond motifs is 6. The van der Waals surface area contributed by atoms with Gasteiger partial charge in [-0.3, -0.25) is 0 Å². The number of aryl methyl sites for hydroxylation is 4. The van der Waals surface area contributed by atoms with Crippen LogP contribution in [0.2, 0.25) is 0 Å². The number of anilines is 2. The van der Waals surface area contributed by atoms with E-state index in [0.29, 0.717) is 0 Å². The van der Waals surface area contributed by atoms with Gasteiger partial charge in [-0.2, -0.15) is 0 Å². The highest BCUT2D eigenvalue weighted by molar-refractivity contribution is 7.19. The van der Waals surface area contributed by atoms with E-state index in [0.717, 1.165) is 25.5 Å². The molecule has 2 aliphatic carbocycles. The highest BCUT2D eigenvalue weighted by Gasteiger charge is 2.24. The van der Waals surface area contributed by atoms with E-state index in [1.165, 1.54) is 101 Å². The molecule has 7 rings (SSSR count). The quantitative estimate of drug-likeness (QED) is 0.330. The third kappa shape index (κ3) is 4.29. The Kier molecular flexibility index (Phi) is 6.58. The Hall–Kier alpha value is -2.32. The number of nitrogens with zero attached hydrogens (tertiary/aromatic N) is 6. The van der Waals surface area contributed by atoms with E-state index in [1.54, 1.807) is 23.1 Å². The summed E-state index contributed by atoms with van der Waals surface area (Å²) in [5, 5.41) is 2.69. The molecule has 6 nitrogen and oxygen atoms in total. The third-order valence-corrected chi connectivity index (χ3v) is 10.1. The van der Waals surface area contributed by atoms with Crippen molar-refractivity contribution in [2.24, 2.45) is 0 Å². The Labute approximate surface area is 215 Å². The molecular formula is C27H34N6S2. The minimum Gasteiger partial charge on any atom is -0.359 e. The Morgan fingerprint density at radius 3 is 1.97 bits per heavy atom. The van der Waals surface area contributed by atoms with Crippen LogP contribution in [0.1, 0.15) is 66.3 Å². The van der Waals surface area contributed by atoms with Gasteiger partial charge in [0.25, 0.3) is 0 Å². The van der Waals surface area contributed by atoms with Crippen molar-refractivity contribution in [1.82, 2.24) is 19.9 Å². The lowest BCUT2D eigenvalue weighted by molar-refractivity contribution is 0.700. The zero-order chi connectivity index (χ0) is 23.8. The van der Waals surface area contributed by atoms with Gasteiger partial charge >= 0.3 is 0 Å². The van der Waals surface area contributed by atoms with Crippen LogP contribution in [-0.2, 0) is 25.7 Å². The fourth-order valence-electron chi connectivity index (χ4n) is 5.75. The predicted molar refractivity (Wildman–Crippen MR) is 149 cm³/mol. The van der Waals surface area contributed by atoms with Crippen LogP contribution in [0.15, 0.2) is 12.7 Å². The molecule has 1 fully saturated rings. The predicted octanol–water partition coefficient (Wildman–Crippen LogP) is 6.20. The summed E-state index contributed by atoms with van der Waals surface area (Å²) < 4.78 is 0. The van der Waals surface area contributed by atoms with Crippen molar-refractivity contribution >= 4 is 54.7 Å². The molecule has 1 saturated heterocycles. The average molecular weight is 507 g/mol. The fraction of sp³-hybridized carbons (Fsp3) is 0.556. The first-order chi connectivity index (χ1) is 17.2. The third-order valence-electron chi connectivity index (χ3n) is 7.70. The van der Waals surface area contributed by atoms with Crippen molar-refractivity contribution in [3.05, 3.63) is 33.5 Å². The second-order valence-corrected chi connectivity index (χ2v) is 12.1. The van der Waals surface area contributed by atoms with Crippen LogP contribution < -0.4 is 9.80 Å². The smallest absolute Gasteiger partial charge is 0.141 e. The molecule has 0 unspecified atom stereocenters. The van der Waals surface area contributed by atoms with Crippen molar-refractivity contribution < 1.29 is 0 Å². The van der Waals surface area contributed by atoms with Crippen molar-refractivity contribution in [3.63, 3.8) is 0 Å². The van der Waals surface area contributed by atoms with Gasteiger partial charge in [0, 0.05) is 36.4 Å². The van der Waals surface area contributed by atoms with E-state index < -0.39 is 0 Å². The number of aromatic nitrogens is 4. The highest BCUT2D eigenvalue weighted by Crippen LogP contribution is 2.40. The number of hydrogen-bond acceptors (Lipinski definition) is 8. The molecule has 0 aromatic carbocycles. The lowest BCUT2D eigenvalue weighted by Crippen LogP contribution is -2.19. The van der Waals surface area contributed by atoms with E-state index in [1.807, 2.05) is 22.7 Å². The minimum absolute atomic E-state index is 0.983. The fourth-order valence-corrected chi connectivity index (χ4v) is 8.20. The molecule has 4 aromatic heterocycles. The Balaban J connectivity index is 0.000000131. The molecule has 0 amide bonds. The van der Waals surface area contributed by atoms with E-state index in [9.17, 15) is 0 Å². The molecule has 0 radical (unpaired) electrons. The molecule has 0 spiro atoms. The van der Waals surface area contributed by atoms with Crippen LogP contribution in [0.3, 0.4) is 0 Å². The van der Waals surface area contributed by atoms with E-state index in [2.05, 4.69) is 43.7 Å². The van der Waals surface area contributed by atoms with Gasteiger partial charge in [-0.15, -0.1) is 22.7 Å². The first kappa shape index (κ1) is 23.1. The van der Waals surface area contributed by atoms with E-state index in [-0.39, 0.29) is 0 Å². The zero-order valence-corrected chi connectivity index (χ0v) is 22.5. The maximum Gasteiger partial charge on any atom is 0.141 e. The van der Waals surface area contributed by atoms with Crippen molar-refractivity contribution in [3.8, 4) is 0 Å². The molecule has 0 N–H and O–H groups in total. The number of rotatable bonds is 3. The summed E-state index contributed by atoms with van der Waals surface area (Å²) in [6, 6.07) is 0. The molecule has 4 aromatic rings. The molecule has 8 heteroatoms. The standard InChI is InChI=1S/C14H17N3S.C13H17N3S/c1-2-6-11-10(5-1)12-13(17-7-3-4-8-17)15-9-16-14(12)18-11;1-3-16(2)12-11-9-6-4-5-7-10(9)17-13(11)15-8-14-12/h9H,1-8H2;8H,3-7H2,1-2H3. The summed E-state index contributed by atoms with van der Waals surface area (Å²) in [6.45, 7) is 5.47. The van der Waals surface area contributed by atoms with Crippen LogP contribution in [-0.4, -0.2) is 46.6 Å². The summed E-state index contributed by atoms with van der Waals surface area (Å²) in [6.07, 6.45) is 16.3. The first-order valence-electron chi connectivity index (χ1n) is 13.2.